The molecule has 1 aromatic rings. The number of hydrogen-bond acceptors (Lipinski definition) is 2. The van der Waals surface area contributed by atoms with Crippen molar-refractivity contribution in [2.75, 3.05) is 13.1 Å². The minimum absolute atomic E-state index is 0.642. The van der Waals surface area contributed by atoms with Gasteiger partial charge in [-0.25, -0.2) is 0 Å². The maximum atomic E-state index is 4.61. The van der Waals surface area contributed by atoms with Gasteiger partial charge in [-0.15, -0.1) is 0 Å². The number of nitrogens with zero attached hydrogens (tertiary/aromatic N) is 2. The largest absolute Gasteiger partial charge is 0.316 e. The highest BCUT2D eigenvalue weighted by molar-refractivity contribution is 5.09. The lowest BCUT2D eigenvalue weighted by Crippen LogP contribution is -2.09. The summed E-state index contributed by atoms with van der Waals surface area (Å²) in [6, 6.07) is 2.17. The summed E-state index contributed by atoms with van der Waals surface area (Å²) in [6.07, 6.45) is 3.34. The van der Waals surface area contributed by atoms with Gasteiger partial charge in [0.15, 0.2) is 0 Å². The molecule has 1 atom stereocenters. The summed E-state index contributed by atoms with van der Waals surface area (Å²) < 4.78 is 2.07. The van der Waals surface area contributed by atoms with Crippen LogP contribution in [0.4, 0.5) is 0 Å². The number of nitrogens with one attached hydrogen (secondary N) is 1. The highest BCUT2D eigenvalue weighted by atomic mass is 15.3. The summed E-state index contributed by atoms with van der Waals surface area (Å²) >= 11 is 0. The van der Waals surface area contributed by atoms with Gasteiger partial charge in [-0.3, -0.25) is 4.68 Å². The SMILES string of the molecule is CC(C)Cn1ccc(C2CCNC2)n1. The van der Waals surface area contributed by atoms with Gasteiger partial charge < -0.3 is 5.32 Å². The van der Waals surface area contributed by atoms with Crippen molar-refractivity contribution < 1.29 is 0 Å². The maximum absolute atomic E-state index is 4.61. The molecule has 1 aliphatic rings. The van der Waals surface area contributed by atoms with Gasteiger partial charge in [-0.1, -0.05) is 13.8 Å². The van der Waals surface area contributed by atoms with Gasteiger partial charge in [-0.2, -0.15) is 5.10 Å². The average Bonchev–Trinajstić information content (AvgIpc) is 2.69. The standard InChI is InChI=1S/C11H19N3/c1-9(2)8-14-6-4-11(13-14)10-3-5-12-7-10/h4,6,9-10,12H,3,5,7-8H2,1-2H3. The van der Waals surface area contributed by atoms with Crippen LogP contribution in [-0.4, -0.2) is 22.9 Å². The summed E-state index contributed by atoms with van der Waals surface area (Å²) in [5.74, 6) is 1.31. The fourth-order valence-corrected chi connectivity index (χ4v) is 1.98. The molecule has 78 valence electrons. The Kier molecular flexibility index (Phi) is 2.87. The Bertz CT molecular complexity index is 284. The van der Waals surface area contributed by atoms with Crippen molar-refractivity contribution in [3.63, 3.8) is 0 Å². The number of aromatic nitrogens is 2. The Hall–Kier alpha value is -0.830. The van der Waals surface area contributed by atoms with E-state index in [4.69, 9.17) is 0 Å². The molecule has 1 aliphatic heterocycles. The summed E-state index contributed by atoms with van der Waals surface area (Å²) in [5.41, 5.74) is 1.26. The van der Waals surface area contributed by atoms with Crippen LogP contribution >= 0.6 is 0 Å². The monoisotopic (exact) mass is 193 g/mol. The normalized spacial score (nSPS) is 22.1. The Morgan fingerprint density at radius 1 is 1.64 bits per heavy atom. The summed E-state index contributed by atoms with van der Waals surface area (Å²) in [7, 11) is 0. The minimum atomic E-state index is 0.642. The lowest BCUT2D eigenvalue weighted by molar-refractivity contribution is 0.477. The number of rotatable bonds is 3. The molecule has 2 heterocycles. The van der Waals surface area contributed by atoms with Crippen LogP contribution in [0.15, 0.2) is 12.3 Å². The predicted octanol–water partition coefficient (Wildman–Crippen LogP) is 1.62. The van der Waals surface area contributed by atoms with Crippen molar-refractivity contribution in [2.24, 2.45) is 5.92 Å². The Balaban J connectivity index is 2.01. The van der Waals surface area contributed by atoms with Crippen LogP contribution in [0.2, 0.25) is 0 Å². The summed E-state index contributed by atoms with van der Waals surface area (Å²) in [5, 5.41) is 7.98. The predicted molar refractivity (Wildman–Crippen MR) is 57.3 cm³/mol. The van der Waals surface area contributed by atoms with Crippen LogP contribution in [0.1, 0.15) is 31.9 Å². The van der Waals surface area contributed by atoms with E-state index in [-0.39, 0.29) is 0 Å². The molecule has 0 spiro atoms. The molecule has 0 amide bonds. The van der Waals surface area contributed by atoms with Crippen molar-refractivity contribution in [2.45, 2.75) is 32.7 Å². The molecule has 1 unspecified atom stereocenters. The first-order chi connectivity index (χ1) is 6.75. The van der Waals surface area contributed by atoms with Crippen LogP contribution in [-0.2, 0) is 6.54 Å². The molecule has 0 saturated carbocycles. The Labute approximate surface area is 85.5 Å². The first-order valence-corrected chi connectivity index (χ1v) is 5.50. The Morgan fingerprint density at radius 3 is 3.14 bits per heavy atom. The third-order valence-electron chi connectivity index (χ3n) is 2.69. The van der Waals surface area contributed by atoms with Crippen molar-refractivity contribution in [3.8, 4) is 0 Å². The van der Waals surface area contributed by atoms with Crippen LogP contribution in [0.3, 0.4) is 0 Å². The number of hydrogen-bond donors (Lipinski definition) is 1. The molecule has 1 saturated heterocycles. The van der Waals surface area contributed by atoms with E-state index in [2.05, 4.69) is 41.2 Å². The molecule has 3 heteroatoms. The van der Waals surface area contributed by atoms with Gasteiger partial charge in [0.1, 0.15) is 0 Å². The van der Waals surface area contributed by atoms with Gasteiger partial charge in [0.25, 0.3) is 0 Å². The second-order valence-electron chi connectivity index (χ2n) is 4.55. The smallest absolute Gasteiger partial charge is 0.0668 e. The molecule has 3 nitrogen and oxygen atoms in total. The van der Waals surface area contributed by atoms with Crippen molar-refractivity contribution in [1.82, 2.24) is 15.1 Å². The highest BCUT2D eigenvalue weighted by Crippen LogP contribution is 2.20. The van der Waals surface area contributed by atoms with E-state index in [1.54, 1.807) is 0 Å². The van der Waals surface area contributed by atoms with Gasteiger partial charge in [0.2, 0.25) is 0 Å². The van der Waals surface area contributed by atoms with Gasteiger partial charge in [0, 0.05) is 25.2 Å². The maximum Gasteiger partial charge on any atom is 0.0668 e. The molecular formula is C11H19N3. The molecule has 14 heavy (non-hydrogen) atoms. The topological polar surface area (TPSA) is 29.9 Å². The van der Waals surface area contributed by atoms with Crippen LogP contribution in [0.25, 0.3) is 0 Å². The molecule has 1 fully saturated rings. The van der Waals surface area contributed by atoms with E-state index < -0.39 is 0 Å². The second-order valence-corrected chi connectivity index (χ2v) is 4.55. The molecule has 0 radical (unpaired) electrons. The van der Waals surface area contributed by atoms with Crippen molar-refractivity contribution in [3.05, 3.63) is 18.0 Å². The van der Waals surface area contributed by atoms with E-state index in [1.165, 1.54) is 12.1 Å². The first kappa shape index (κ1) is 9.71. The van der Waals surface area contributed by atoms with Gasteiger partial charge in [-0.05, 0) is 24.9 Å². The second kappa shape index (κ2) is 4.13. The summed E-state index contributed by atoms with van der Waals surface area (Å²) in [4.78, 5) is 0. The quantitative estimate of drug-likeness (QED) is 0.790. The zero-order chi connectivity index (χ0) is 9.97. The van der Waals surface area contributed by atoms with E-state index in [0.29, 0.717) is 11.8 Å². The minimum Gasteiger partial charge on any atom is -0.316 e. The first-order valence-electron chi connectivity index (χ1n) is 5.50. The van der Waals surface area contributed by atoms with Crippen LogP contribution < -0.4 is 5.32 Å². The van der Waals surface area contributed by atoms with Gasteiger partial charge in [0.05, 0.1) is 5.69 Å². The van der Waals surface area contributed by atoms with E-state index in [1.807, 2.05) is 0 Å². The molecule has 2 rings (SSSR count). The zero-order valence-corrected chi connectivity index (χ0v) is 9.03. The Morgan fingerprint density at radius 2 is 2.50 bits per heavy atom. The van der Waals surface area contributed by atoms with E-state index in [9.17, 15) is 0 Å². The van der Waals surface area contributed by atoms with E-state index in [0.717, 1.165) is 19.6 Å². The lowest BCUT2D eigenvalue weighted by atomic mass is 10.1. The fourth-order valence-electron chi connectivity index (χ4n) is 1.98. The lowest BCUT2D eigenvalue weighted by Gasteiger charge is -2.05. The molecule has 0 aromatic carbocycles. The van der Waals surface area contributed by atoms with Crippen molar-refractivity contribution in [1.29, 1.82) is 0 Å². The van der Waals surface area contributed by atoms with Gasteiger partial charge >= 0.3 is 0 Å². The summed E-state index contributed by atoms with van der Waals surface area (Å²) in [6.45, 7) is 7.71. The van der Waals surface area contributed by atoms with Crippen LogP contribution in [0.5, 0.6) is 0 Å². The average molecular weight is 193 g/mol. The van der Waals surface area contributed by atoms with Crippen molar-refractivity contribution >= 4 is 0 Å². The molecule has 1 N–H and O–H groups in total. The molecule has 0 aliphatic carbocycles. The van der Waals surface area contributed by atoms with E-state index >= 15 is 0 Å². The molecular weight excluding hydrogens is 174 g/mol. The third-order valence-corrected chi connectivity index (χ3v) is 2.69. The highest BCUT2D eigenvalue weighted by Gasteiger charge is 2.18. The molecule has 0 bridgehead atoms. The fraction of sp³-hybridized carbons (Fsp3) is 0.727. The molecule has 1 aromatic heterocycles. The van der Waals surface area contributed by atoms with Crippen LogP contribution in [0, 0.1) is 5.92 Å². The third kappa shape index (κ3) is 2.15. The zero-order valence-electron chi connectivity index (χ0n) is 9.03.